The second-order valence-corrected chi connectivity index (χ2v) is 4.73. The van der Waals surface area contributed by atoms with Gasteiger partial charge in [0.05, 0.1) is 28.7 Å². The molecule has 1 aromatic carbocycles. The van der Waals surface area contributed by atoms with Crippen LogP contribution in [-0.4, -0.2) is 22.3 Å². The Bertz CT molecular complexity index is 546. The third-order valence-corrected chi connectivity index (χ3v) is 3.46. The fraction of sp³-hybridized carbons (Fsp3) is 0.417. The van der Waals surface area contributed by atoms with E-state index in [1.807, 2.05) is 22.8 Å². The highest BCUT2D eigenvalue weighted by Gasteiger charge is 2.19. The van der Waals surface area contributed by atoms with E-state index in [0.717, 1.165) is 37.0 Å². The molecule has 5 heteroatoms. The van der Waals surface area contributed by atoms with Crippen molar-refractivity contribution in [2.45, 2.75) is 25.5 Å². The fourth-order valence-electron chi connectivity index (χ4n) is 2.34. The monoisotopic (exact) mass is 251 g/mol. The zero-order valence-electron chi connectivity index (χ0n) is 9.40. The lowest BCUT2D eigenvalue weighted by atomic mass is 10.2. The van der Waals surface area contributed by atoms with Crippen LogP contribution < -0.4 is 5.73 Å². The van der Waals surface area contributed by atoms with Gasteiger partial charge < -0.3 is 15.0 Å². The lowest BCUT2D eigenvalue weighted by Crippen LogP contribution is -2.16. The molecule has 0 bridgehead atoms. The Balaban J connectivity index is 2.04. The van der Waals surface area contributed by atoms with Crippen LogP contribution in [0.15, 0.2) is 18.2 Å². The highest BCUT2D eigenvalue weighted by Crippen LogP contribution is 2.27. The van der Waals surface area contributed by atoms with E-state index in [-0.39, 0.29) is 6.10 Å². The zero-order valence-corrected chi connectivity index (χ0v) is 10.2. The van der Waals surface area contributed by atoms with Crippen LogP contribution in [0.25, 0.3) is 11.0 Å². The molecule has 17 heavy (non-hydrogen) atoms. The van der Waals surface area contributed by atoms with Gasteiger partial charge in [-0.1, -0.05) is 17.7 Å². The average molecular weight is 252 g/mol. The van der Waals surface area contributed by atoms with Gasteiger partial charge in [-0.2, -0.15) is 0 Å². The molecule has 0 saturated carbocycles. The molecule has 1 aliphatic heterocycles. The Morgan fingerprint density at radius 2 is 2.41 bits per heavy atom. The van der Waals surface area contributed by atoms with Gasteiger partial charge in [-0.25, -0.2) is 4.98 Å². The number of anilines is 1. The van der Waals surface area contributed by atoms with E-state index >= 15 is 0 Å². The second kappa shape index (κ2) is 4.20. The van der Waals surface area contributed by atoms with Crippen molar-refractivity contribution < 1.29 is 4.74 Å². The number of imidazole rings is 1. The third-order valence-electron chi connectivity index (χ3n) is 3.16. The maximum absolute atomic E-state index is 6.20. The summed E-state index contributed by atoms with van der Waals surface area (Å²) in [5.74, 6) is 0.503. The van der Waals surface area contributed by atoms with Crippen LogP contribution in [0.5, 0.6) is 0 Å². The topological polar surface area (TPSA) is 53.1 Å². The standard InChI is InChI=1S/C12H14ClN3O/c13-9-4-1-5-10-11(9)16(12(14)15-10)7-8-3-2-6-17-8/h1,4-5,8H,2-3,6-7H2,(H2,14,15). The van der Waals surface area contributed by atoms with Gasteiger partial charge in [0, 0.05) is 6.61 Å². The molecule has 1 aromatic heterocycles. The molecule has 90 valence electrons. The van der Waals surface area contributed by atoms with Gasteiger partial charge in [0.15, 0.2) is 0 Å². The Morgan fingerprint density at radius 1 is 1.53 bits per heavy atom. The maximum atomic E-state index is 6.20. The number of benzene rings is 1. The molecule has 1 aliphatic rings. The van der Waals surface area contributed by atoms with Crippen molar-refractivity contribution in [2.75, 3.05) is 12.3 Å². The highest BCUT2D eigenvalue weighted by molar-refractivity contribution is 6.35. The normalized spacial score (nSPS) is 20.2. The Hall–Kier alpha value is -1.26. The lowest BCUT2D eigenvalue weighted by Gasteiger charge is -2.12. The highest BCUT2D eigenvalue weighted by atomic mass is 35.5. The van der Waals surface area contributed by atoms with Crippen molar-refractivity contribution in [3.05, 3.63) is 23.2 Å². The molecule has 3 rings (SSSR count). The van der Waals surface area contributed by atoms with E-state index in [1.165, 1.54) is 0 Å². The summed E-state index contributed by atoms with van der Waals surface area (Å²) >= 11 is 6.20. The lowest BCUT2D eigenvalue weighted by molar-refractivity contribution is 0.0984. The summed E-state index contributed by atoms with van der Waals surface area (Å²) in [7, 11) is 0. The summed E-state index contributed by atoms with van der Waals surface area (Å²) in [5, 5.41) is 0.685. The minimum absolute atomic E-state index is 0.228. The number of halogens is 1. The molecule has 0 radical (unpaired) electrons. The summed E-state index contributed by atoms with van der Waals surface area (Å²) in [6.45, 7) is 1.57. The molecule has 2 heterocycles. The van der Waals surface area contributed by atoms with Crippen molar-refractivity contribution in [3.8, 4) is 0 Å². The first-order chi connectivity index (χ1) is 8.25. The number of hydrogen-bond donors (Lipinski definition) is 1. The van der Waals surface area contributed by atoms with Crippen molar-refractivity contribution in [1.29, 1.82) is 0 Å². The van der Waals surface area contributed by atoms with E-state index in [4.69, 9.17) is 22.1 Å². The Morgan fingerprint density at radius 3 is 3.18 bits per heavy atom. The number of para-hydroxylation sites is 1. The molecule has 0 aliphatic carbocycles. The Labute approximate surface area is 104 Å². The summed E-state index contributed by atoms with van der Waals surface area (Å²) in [5.41, 5.74) is 7.68. The number of hydrogen-bond acceptors (Lipinski definition) is 3. The number of ether oxygens (including phenoxy) is 1. The van der Waals surface area contributed by atoms with E-state index in [2.05, 4.69) is 4.98 Å². The minimum atomic E-state index is 0.228. The predicted molar refractivity (Wildman–Crippen MR) is 68.1 cm³/mol. The first-order valence-corrected chi connectivity index (χ1v) is 6.15. The van der Waals surface area contributed by atoms with Gasteiger partial charge in [0.1, 0.15) is 0 Å². The molecule has 0 amide bonds. The molecule has 1 unspecified atom stereocenters. The van der Waals surface area contributed by atoms with E-state index in [9.17, 15) is 0 Å². The van der Waals surface area contributed by atoms with Crippen LogP contribution in [0.4, 0.5) is 5.95 Å². The molecular weight excluding hydrogens is 238 g/mol. The molecule has 2 N–H and O–H groups in total. The molecule has 4 nitrogen and oxygen atoms in total. The van der Waals surface area contributed by atoms with Crippen LogP contribution in [-0.2, 0) is 11.3 Å². The van der Waals surface area contributed by atoms with Crippen molar-refractivity contribution in [2.24, 2.45) is 0 Å². The van der Waals surface area contributed by atoms with Crippen LogP contribution in [0.3, 0.4) is 0 Å². The number of rotatable bonds is 2. The number of fused-ring (bicyclic) bond motifs is 1. The molecule has 1 saturated heterocycles. The van der Waals surface area contributed by atoms with Crippen LogP contribution in [0.1, 0.15) is 12.8 Å². The predicted octanol–water partition coefficient (Wildman–Crippen LogP) is 2.45. The minimum Gasteiger partial charge on any atom is -0.376 e. The van der Waals surface area contributed by atoms with Crippen molar-refractivity contribution in [1.82, 2.24) is 9.55 Å². The molecule has 0 spiro atoms. The molecule has 1 fully saturated rings. The number of nitrogens with zero attached hydrogens (tertiary/aromatic N) is 2. The van der Waals surface area contributed by atoms with Gasteiger partial charge in [-0.05, 0) is 25.0 Å². The van der Waals surface area contributed by atoms with E-state index < -0.39 is 0 Å². The number of aromatic nitrogens is 2. The SMILES string of the molecule is Nc1nc2cccc(Cl)c2n1CC1CCCO1. The number of nitrogen functional groups attached to an aromatic ring is 1. The second-order valence-electron chi connectivity index (χ2n) is 4.32. The molecule has 1 atom stereocenters. The third kappa shape index (κ3) is 1.87. The van der Waals surface area contributed by atoms with Crippen LogP contribution >= 0.6 is 11.6 Å². The molecular formula is C12H14ClN3O. The van der Waals surface area contributed by atoms with E-state index in [1.54, 1.807) is 0 Å². The van der Waals surface area contributed by atoms with Crippen molar-refractivity contribution in [3.63, 3.8) is 0 Å². The summed E-state index contributed by atoms with van der Waals surface area (Å²) < 4.78 is 7.57. The van der Waals surface area contributed by atoms with Gasteiger partial charge in [-0.3, -0.25) is 0 Å². The smallest absolute Gasteiger partial charge is 0.201 e. The summed E-state index contributed by atoms with van der Waals surface area (Å²) in [4.78, 5) is 4.32. The van der Waals surface area contributed by atoms with Gasteiger partial charge >= 0.3 is 0 Å². The van der Waals surface area contributed by atoms with Crippen molar-refractivity contribution >= 4 is 28.6 Å². The zero-order chi connectivity index (χ0) is 11.8. The largest absolute Gasteiger partial charge is 0.376 e. The average Bonchev–Trinajstić information content (AvgIpc) is 2.89. The first kappa shape index (κ1) is 10.9. The van der Waals surface area contributed by atoms with E-state index in [0.29, 0.717) is 11.0 Å². The van der Waals surface area contributed by atoms with Crippen LogP contribution in [0.2, 0.25) is 5.02 Å². The Kier molecular flexibility index (Phi) is 2.68. The quantitative estimate of drug-likeness (QED) is 0.892. The van der Waals surface area contributed by atoms with Crippen LogP contribution in [0, 0.1) is 0 Å². The first-order valence-electron chi connectivity index (χ1n) is 5.77. The summed E-state index contributed by atoms with van der Waals surface area (Å²) in [6.07, 6.45) is 2.42. The van der Waals surface area contributed by atoms with Gasteiger partial charge in [0.2, 0.25) is 5.95 Å². The molecule has 2 aromatic rings. The summed E-state index contributed by atoms with van der Waals surface area (Å²) in [6, 6.07) is 5.66. The number of nitrogens with two attached hydrogens (primary N) is 1. The van der Waals surface area contributed by atoms with Gasteiger partial charge in [0.25, 0.3) is 0 Å². The fourth-order valence-corrected chi connectivity index (χ4v) is 2.61. The maximum Gasteiger partial charge on any atom is 0.201 e. The van der Waals surface area contributed by atoms with Gasteiger partial charge in [-0.15, -0.1) is 0 Å².